The number of amides is 1. The summed E-state index contributed by atoms with van der Waals surface area (Å²) in [5, 5.41) is 2.84. The van der Waals surface area contributed by atoms with Crippen LogP contribution in [0.2, 0.25) is 0 Å². The molecule has 0 unspecified atom stereocenters. The van der Waals surface area contributed by atoms with E-state index in [0.717, 1.165) is 19.3 Å². The van der Waals surface area contributed by atoms with Gasteiger partial charge in [-0.2, -0.15) is 4.31 Å². The van der Waals surface area contributed by atoms with Gasteiger partial charge in [-0.05, 0) is 49.4 Å². The van der Waals surface area contributed by atoms with Crippen molar-refractivity contribution in [1.82, 2.24) is 4.31 Å². The quantitative estimate of drug-likeness (QED) is 0.926. The van der Waals surface area contributed by atoms with Crippen molar-refractivity contribution in [3.8, 4) is 0 Å². The maximum absolute atomic E-state index is 12.4. The van der Waals surface area contributed by atoms with Gasteiger partial charge < -0.3 is 5.32 Å². The van der Waals surface area contributed by atoms with Crippen LogP contribution < -0.4 is 5.32 Å². The monoisotopic (exact) mass is 308 g/mol. The average molecular weight is 308 g/mol. The van der Waals surface area contributed by atoms with Gasteiger partial charge in [-0.1, -0.05) is 6.92 Å². The molecule has 0 aromatic heterocycles. The van der Waals surface area contributed by atoms with Crippen LogP contribution in [0.3, 0.4) is 0 Å². The minimum Gasteiger partial charge on any atom is -0.326 e. The van der Waals surface area contributed by atoms with Crippen LogP contribution in [-0.4, -0.2) is 31.7 Å². The Morgan fingerprint density at radius 2 is 1.76 bits per heavy atom. The van der Waals surface area contributed by atoms with E-state index < -0.39 is 10.0 Å². The summed E-state index contributed by atoms with van der Waals surface area (Å²) in [7, 11) is -3.38. The van der Waals surface area contributed by atoms with Gasteiger partial charge in [-0.15, -0.1) is 0 Å². The minimum absolute atomic E-state index is 0.0256. The van der Waals surface area contributed by atoms with Crippen molar-refractivity contribution in [3.63, 3.8) is 0 Å². The Morgan fingerprint density at radius 3 is 2.29 bits per heavy atom. The second kappa shape index (κ2) is 5.42. The smallest absolute Gasteiger partial charge is 0.243 e. The van der Waals surface area contributed by atoms with Crippen molar-refractivity contribution in [1.29, 1.82) is 0 Å². The zero-order valence-electron chi connectivity index (χ0n) is 12.1. The number of sulfonamides is 1. The molecule has 1 heterocycles. The van der Waals surface area contributed by atoms with Crippen molar-refractivity contribution < 1.29 is 13.2 Å². The summed E-state index contributed by atoms with van der Waals surface area (Å²) >= 11 is 0. The lowest BCUT2D eigenvalue weighted by Gasteiger charge is -2.15. The molecule has 1 aliphatic carbocycles. The van der Waals surface area contributed by atoms with E-state index in [1.54, 1.807) is 24.3 Å². The Morgan fingerprint density at radius 1 is 1.19 bits per heavy atom. The van der Waals surface area contributed by atoms with Crippen molar-refractivity contribution in [2.24, 2.45) is 11.8 Å². The molecule has 0 bridgehead atoms. The predicted molar refractivity (Wildman–Crippen MR) is 80.3 cm³/mol. The predicted octanol–water partition coefficient (Wildman–Crippen LogP) is 2.07. The van der Waals surface area contributed by atoms with E-state index in [0.29, 0.717) is 29.6 Å². The molecule has 1 aromatic carbocycles. The first-order chi connectivity index (χ1) is 9.98. The number of carbonyl (C=O) groups is 1. The van der Waals surface area contributed by atoms with Gasteiger partial charge in [0.2, 0.25) is 15.9 Å². The molecule has 1 amide bonds. The molecule has 1 aliphatic heterocycles. The van der Waals surface area contributed by atoms with E-state index in [1.165, 1.54) is 4.31 Å². The van der Waals surface area contributed by atoms with Gasteiger partial charge in [-0.25, -0.2) is 8.42 Å². The maximum atomic E-state index is 12.4. The molecule has 1 N–H and O–H groups in total. The molecular formula is C15H20N2O3S. The van der Waals surface area contributed by atoms with Crippen molar-refractivity contribution in [2.45, 2.75) is 31.1 Å². The van der Waals surface area contributed by atoms with Crippen LogP contribution in [0.1, 0.15) is 26.2 Å². The fourth-order valence-electron chi connectivity index (χ4n) is 2.71. The zero-order chi connectivity index (χ0) is 15.0. The summed E-state index contributed by atoms with van der Waals surface area (Å²) in [6, 6.07) is 6.46. The molecule has 21 heavy (non-hydrogen) atoms. The van der Waals surface area contributed by atoms with E-state index >= 15 is 0 Å². The fraction of sp³-hybridized carbons (Fsp3) is 0.533. The summed E-state index contributed by atoms with van der Waals surface area (Å²) in [6.45, 7) is 3.25. The van der Waals surface area contributed by atoms with E-state index in [2.05, 4.69) is 12.2 Å². The Bertz CT molecular complexity index is 633. The van der Waals surface area contributed by atoms with Crippen LogP contribution in [0, 0.1) is 11.8 Å². The molecular weight excluding hydrogens is 288 g/mol. The topological polar surface area (TPSA) is 66.5 Å². The fourth-order valence-corrected chi connectivity index (χ4v) is 4.23. The van der Waals surface area contributed by atoms with E-state index in [1.807, 2.05) is 0 Å². The minimum atomic E-state index is -3.38. The molecule has 0 radical (unpaired) electrons. The molecule has 1 saturated heterocycles. The largest absolute Gasteiger partial charge is 0.326 e. The third-order valence-corrected chi connectivity index (χ3v) is 6.18. The lowest BCUT2D eigenvalue weighted by atomic mass is 10.3. The van der Waals surface area contributed by atoms with Gasteiger partial charge in [0.1, 0.15) is 0 Å². The normalized spacial score (nSPS) is 25.8. The van der Waals surface area contributed by atoms with Gasteiger partial charge >= 0.3 is 0 Å². The average Bonchev–Trinajstić information content (AvgIpc) is 2.96. The van der Waals surface area contributed by atoms with Crippen molar-refractivity contribution in [2.75, 3.05) is 18.4 Å². The number of rotatable bonds is 4. The van der Waals surface area contributed by atoms with Gasteiger partial charge in [0.05, 0.1) is 4.90 Å². The zero-order valence-corrected chi connectivity index (χ0v) is 12.9. The first-order valence-corrected chi connectivity index (χ1v) is 8.83. The van der Waals surface area contributed by atoms with Crippen LogP contribution in [0.5, 0.6) is 0 Å². The van der Waals surface area contributed by atoms with Crippen LogP contribution in [0.25, 0.3) is 0 Å². The maximum Gasteiger partial charge on any atom is 0.243 e. The number of nitrogens with one attached hydrogen (secondary N) is 1. The van der Waals surface area contributed by atoms with E-state index in [-0.39, 0.29) is 11.8 Å². The molecule has 114 valence electrons. The number of hydrogen-bond acceptors (Lipinski definition) is 3. The second-order valence-corrected chi connectivity index (χ2v) is 7.88. The highest BCUT2D eigenvalue weighted by Gasteiger charge is 2.39. The van der Waals surface area contributed by atoms with Crippen molar-refractivity contribution >= 4 is 21.6 Å². The van der Waals surface area contributed by atoms with Gasteiger partial charge in [0.15, 0.2) is 0 Å². The SMILES string of the molecule is C[C@@H]1C[C@H]1C(=O)Nc1ccc(S(=O)(=O)N2CCCC2)cc1. The second-order valence-electron chi connectivity index (χ2n) is 5.94. The molecule has 2 fully saturated rings. The molecule has 1 saturated carbocycles. The van der Waals surface area contributed by atoms with Crippen molar-refractivity contribution in [3.05, 3.63) is 24.3 Å². The lowest BCUT2D eigenvalue weighted by molar-refractivity contribution is -0.117. The third kappa shape index (κ3) is 2.96. The Balaban J connectivity index is 1.70. The van der Waals surface area contributed by atoms with Crippen LogP contribution >= 0.6 is 0 Å². The Labute approximate surface area is 125 Å². The number of carbonyl (C=O) groups excluding carboxylic acids is 1. The highest BCUT2D eigenvalue weighted by molar-refractivity contribution is 7.89. The summed E-state index contributed by atoms with van der Waals surface area (Å²) in [5.41, 5.74) is 0.652. The Kier molecular flexibility index (Phi) is 3.75. The highest BCUT2D eigenvalue weighted by atomic mass is 32.2. The van der Waals surface area contributed by atoms with Crippen LogP contribution in [-0.2, 0) is 14.8 Å². The summed E-state index contributed by atoms with van der Waals surface area (Å²) in [5.74, 6) is 0.593. The van der Waals surface area contributed by atoms with E-state index in [9.17, 15) is 13.2 Å². The van der Waals surface area contributed by atoms with E-state index in [4.69, 9.17) is 0 Å². The summed E-state index contributed by atoms with van der Waals surface area (Å²) < 4.78 is 26.3. The molecule has 2 atom stereocenters. The Hall–Kier alpha value is -1.40. The number of anilines is 1. The molecule has 6 heteroatoms. The molecule has 5 nitrogen and oxygen atoms in total. The molecule has 2 aliphatic rings. The first kappa shape index (κ1) is 14.5. The summed E-state index contributed by atoms with van der Waals surface area (Å²) in [4.78, 5) is 12.1. The van der Waals surface area contributed by atoms with Gasteiger partial charge in [0.25, 0.3) is 0 Å². The van der Waals surface area contributed by atoms with Crippen LogP contribution in [0.4, 0.5) is 5.69 Å². The number of nitrogens with zero attached hydrogens (tertiary/aromatic N) is 1. The summed E-state index contributed by atoms with van der Waals surface area (Å²) in [6.07, 6.45) is 2.78. The highest BCUT2D eigenvalue weighted by Crippen LogP contribution is 2.38. The molecule has 0 spiro atoms. The van der Waals surface area contributed by atoms with Crippen LogP contribution in [0.15, 0.2) is 29.2 Å². The standard InChI is InChI=1S/C15H20N2O3S/c1-11-10-14(11)15(18)16-12-4-6-13(7-5-12)21(19,20)17-8-2-3-9-17/h4-7,11,14H,2-3,8-10H2,1H3,(H,16,18)/t11-,14-/m1/s1. The molecule has 3 rings (SSSR count). The first-order valence-electron chi connectivity index (χ1n) is 7.39. The lowest BCUT2D eigenvalue weighted by Crippen LogP contribution is -2.27. The van der Waals surface area contributed by atoms with Gasteiger partial charge in [0, 0.05) is 24.7 Å². The third-order valence-electron chi connectivity index (χ3n) is 4.27. The van der Waals surface area contributed by atoms with Gasteiger partial charge in [-0.3, -0.25) is 4.79 Å². The number of benzene rings is 1. The molecule has 1 aromatic rings. The number of hydrogen-bond donors (Lipinski definition) is 1.